The summed E-state index contributed by atoms with van der Waals surface area (Å²) in [6.45, 7) is 5.93. The predicted octanol–water partition coefficient (Wildman–Crippen LogP) is 5.39. The van der Waals surface area contributed by atoms with Gasteiger partial charge in [-0.15, -0.1) is 0 Å². The lowest BCUT2D eigenvalue weighted by atomic mass is 9.77. The van der Waals surface area contributed by atoms with Crippen LogP contribution in [0.3, 0.4) is 0 Å². The number of allylic oxidation sites excluding steroid dienone is 1. The van der Waals surface area contributed by atoms with Crippen molar-refractivity contribution in [1.29, 1.82) is 0 Å². The molecule has 0 radical (unpaired) electrons. The Morgan fingerprint density at radius 1 is 1.15 bits per heavy atom. The minimum Gasteiger partial charge on any atom is -0.481 e. The monoisotopic (exact) mass is 445 g/mol. The highest BCUT2D eigenvalue weighted by Gasteiger charge is 2.32. The van der Waals surface area contributed by atoms with Crippen molar-refractivity contribution in [2.45, 2.75) is 64.8 Å². The van der Waals surface area contributed by atoms with E-state index in [2.05, 4.69) is 16.9 Å². The van der Waals surface area contributed by atoms with Crippen molar-refractivity contribution >= 4 is 29.2 Å². The number of carboxylic acids is 1. The zero-order valence-corrected chi connectivity index (χ0v) is 19.5. The van der Waals surface area contributed by atoms with E-state index in [0.717, 1.165) is 53.8 Å². The van der Waals surface area contributed by atoms with Gasteiger partial charge in [0.15, 0.2) is 0 Å². The molecule has 1 saturated carbocycles. The van der Waals surface area contributed by atoms with Gasteiger partial charge in [-0.1, -0.05) is 25.2 Å². The van der Waals surface area contributed by atoms with Gasteiger partial charge in [0.25, 0.3) is 0 Å². The van der Waals surface area contributed by atoms with Crippen LogP contribution < -0.4 is 4.90 Å². The molecule has 4 rings (SSSR count). The fourth-order valence-electron chi connectivity index (χ4n) is 5.27. The molecule has 0 aliphatic heterocycles. The number of pyridine rings is 2. The van der Waals surface area contributed by atoms with Crippen molar-refractivity contribution in [3.63, 3.8) is 0 Å². The molecular weight excluding hydrogens is 414 g/mol. The highest BCUT2D eigenvalue weighted by atomic mass is 16.4. The van der Waals surface area contributed by atoms with E-state index >= 15 is 0 Å². The molecule has 0 aromatic carbocycles. The van der Waals surface area contributed by atoms with Crippen LogP contribution in [0.4, 0.5) is 5.69 Å². The van der Waals surface area contributed by atoms with Gasteiger partial charge in [0.1, 0.15) is 0 Å². The summed E-state index contributed by atoms with van der Waals surface area (Å²) >= 11 is 0. The maximum atomic E-state index is 12.8. The lowest BCUT2D eigenvalue weighted by Gasteiger charge is -2.37. The van der Waals surface area contributed by atoms with Crippen molar-refractivity contribution in [1.82, 2.24) is 9.97 Å². The molecule has 2 heterocycles. The first kappa shape index (κ1) is 22.9. The second-order valence-corrected chi connectivity index (χ2v) is 9.02. The average molecular weight is 446 g/mol. The third-order valence-corrected chi connectivity index (χ3v) is 6.88. The summed E-state index contributed by atoms with van der Waals surface area (Å²) in [5.74, 6) is -1.02. The van der Waals surface area contributed by atoms with Crippen molar-refractivity contribution in [3.05, 3.63) is 65.3 Å². The number of hydrogen-bond acceptors (Lipinski definition) is 4. The summed E-state index contributed by atoms with van der Waals surface area (Å²) in [6, 6.07) is 3.99. The second-order valence-electron chi connectivity index (χ2n) is 9.02. The van der Waals surface area contributed by atoms with E-state index in [1.807, 2.05) is 43.2 Å². The standard InChI is InChI=1S/C27H31N3O3/c1-4-24(31)30(22-6-5-13-28-16-22)21-10-7-19(8-11-21)25-18(3)15-29-26-17(2)14-20(27(32)33)9-12-23(25)26/h5-6,9,12-16,19-21H,4,7-8,10-11H2,1-3H3,(H,32,33). The molecule has 6 nitrogen and oxygen atoms in total. The molecule has 1 amide bonds. The Balaban J connectivity index is 1.61. The molecule has 1 N–H and O–H groups in total. The van der Waals surface area contributed by atoms with Crippen molar-refractivity contribution in [2.24, 2.45) is 5.92 Å². The van der Waals surface area contributed by atoms with Crippen LogP contribution in [0.2, 0.25) is 0 Å². The molecule has 2 aliphatic carbocycles. The highest BCUT2D eigenvalue weighted by molar-refractivity contribution is 5.93. The number of hydrogen-bond donors (Lipinski definition) is 1. The quantitative estimate of drug-likeness (QED) is 0.667. The lowest BCUT2D eigenvalue weighted by Crippen LogP contribution is -2.42. The molecule has 0 saturated heterocycles. The average Bonchev–Trinajstić information content (AvgIpc) is 2.99. The summed E-state index contributed by atoms with van der Waals surface area (Å²) in [7, 11) is 0. The van der Waals surface area contributed by atoms with Crippen LogP contribution in [-0.4, -0.2) is 33.0 Å². The predicted molar refractivity (Wildman–Crippen MR) is 130 cm³/mol. The molecule has 1 unspecified atom stereocenters. The van der Waals surface area contributed by atoms with Crippen LogP contribution >= 0.6 is 0 Å². The molecule has 33 heavy (non-hydrogen) atoms. The first-order valence-electron chi connectivity index (χ1n) is 11.7. The number of nitrogens with zero attached hydrogens (tertiary/aromatic N) is 3. The normalized spacial score (nSPS) is 22.2. The Morgan fingerprint density at radius 2 is 1.91 bits per heavy atom. The van der Waals surface area contributed by atoms with Gasteiger partial charge in [0, 0.05) is 30.4 Å². The molecule has 1 atom stereocenters. The number of aliphatic carboxylic acids is 1. The third-order valence-electron chi connectivity index (χ3n) is 6.88. The highest BCUT2D eigenvalue weighted by Crippen LogP contribution is 2.41. The molecular formula is C27H31N3O3. The van der Waals surface area contributed by atoms with E-state index in [1.54, 1.807) is 24.5 Å². The van der Waals surface area contributed by atoms with Crippen molar-refractivity contribution in [2.75, 3.05) is 4.90 Å². The van der Waals surface area contributed by atoms with Crippen LogP contribution in [0.25, 0.3) is 11.6 Å². The number of amides is 1. The van der Waals surface area contributed by atoms with Gasteiger partial charge in [-0.3, -0.25) is 19.6 Å². The largest absolute Gasteiger partial charge is 0.481 e. The fraction of sp³-hybridized carbons (Fsp3) is 0.407. The Labute approximate surface area is 195 Å². The number of carbonyl (C=O) groups excluding carboxylic acids is 1. The van der Waals surface area contributed by atoms with Gasteiger partial charge in [0.2, 0.25) is 5.91 Å². The zero-order valence-electron chi connectivity index (χ0n) is 19.5. The number of carbonyl (C=O) groups is 2. The van der Waals surface area contributed by atoms with Crippen molar-refractivity contribution in [3.8, 4) is 0 Å². The Kier molecular flexibility index (Phi) is 6.72. The van der Waals surface area contributed by atoms with Crippen LogP contribution in [0.15, 0.2) is 42.9 Å². The molecule has 1 fully saturated rings. The number of aromatic nitrogens is 2. The number of fused-ring (bicyclic) bond motifs is 1. The number of rotatable bonds is 5. The maximum absolute atomic E-state index is 12.8. The smallest absolute Gasteiger partial charge is 0.314 e. The second kappa shape index (κ2) is 9.69. The van der Waals surface area contributed by atoms with E-state index in [0.29, 0.717) is 12.3 Å². The van der Waals surface area contributed by atoms with Gasteiger partial charge < -0.3 is 10.0 Å². The molecule has 2 aliphatic rings. The number of aryl methyl sites for hydroxylation is 1. The molecule has 6 heteroatoms. The summed E-state index contributed by atoms with van der Waals surface area (Å²) in [5.41, 5.74) is 6.08. The van der Waals surface area contributed by atoms with Gasteiger partial charge in [-0.2, -0.15) is 0 Å². The maximum Gasteiger partial charge on any atom is 0.314 e. The number of anilines is 1. The van der Waals surface area contributed by atoms with E-state index in [9.17, 15) is 14.7 Å². The number of carboxylic acid groups (broad SMARTS) is 1. The van der Waals surface area contributed by atoms with E-state index in [4.69, 9.17) is 0 Å². The van der Waals surface area contributed by atoms with E-state index < -0.39 is 11.9 Å². The van der Waals surface area contributed by atoms with Gasteiger partial charge in [0.05, 0.1) is 23.5 Å². The Morgan fingerprint density at radius 3 is 2.55 bits per heavy atom. The molecule has 2 aromatic rings. The van der Waals surface area contributed by atoms with Gasteiger partial charge in [-0.05, 0) is 74.3 Å². The summed E-state index contributed by atoms with van der Waals surface area (Å²) in [4.78, 5) is 35.2. The summed E-state index contributed by atoms with van der Waals surface area (Å²) in [6.07, 6.45) is 15.1. The first-order chi connectivity index (χ1) is 15.9. The Hall–Kier alpha value is -3.28. The van der Waals surface area contributed by atoms with Crippen molar-refractivity contribution < 1.29 is 14.7 Å². The van der Waals surface area contributed by atoms with E-state index in [1.165, 1.54) is 5.56 Å². The fourth-order valence-corrected chi connectivity index (χ4v) is 5.27. The Bertz CT molecular complexity index is 1100. The van der Waals surface area contributed by atoms with Crippen LogP contribution in [-0.2, 0) is 9.59 Å². The van der Waals surface area contributed by atoms with Crippen LogP contribution in [0, 0.1) is 12.8 Å². The van der Waals surface area contributed by atoms with Crippen LogP contribution in [0.5, 0.6) is 0 Å². The topological polar surface area (TPSA) is 83.4 Å². The third kappa shape index (κ3) is 4.61. The molecule has 2 aromatic heterocycles. The molecule has 0 bridgehead atoms. The zero-order chi connectivity index (χ0) is 23.5. The SMILES string of the molecule is CCC(=O)N(c1cccnc1)C1CCC(c2c(C)cnc3c2C=CC(C(=O)O)C=C3C)CC1. The molecule has 172 valence electrons. The summed E-state index contributed by atoms with van der Waals surface area (Å²) < 4.78 is 0. The molecule has 0 spiro atoms. The van der Waals surface area contributed by atoms with Crippen LogP contribution in [0.1, 0.15) is 74.3 Å². The summed E-state index contributed by atoms with van der Waals surface area (Å²) in [5, 5.41) is 9.52. The first-order valence-corrected chi connectivity index (χ1v) is 11.7. The lowest BCUT2D eigenvalue weighted by molar-refractivity contribution is -0.138. The minimum atomic E-state index is -0.853. The van der Waals surface area contributed by atoms with Gasteiger partial charge in [-0.25, -0.2) is 0 Å². The minimum absolute atomic E-state index is 0.129. The van der Waals surface area contributed by atoms with Gasteiger partial charge >= 0.3 is 5.97 Å². The van der Waals surface area contributed by atoms with E-state index in [-0.39, 0.29) is 11.9 Å².